The molecule has 0 aliphatic carbocycles. The highest BCUT2D eigenvalue weighted by Gasteiger charge is 2.13. The van der Waals surface area contributed by atoms with Crippen molar-refractivity contribution in [1.82, 2.24) is 5.32 Å². The van der Waals surface area contributed by atoms with Crippen LogP contribution in [0.25, 0.3) is 0 Å². The van der Waals surface area contributed by atoms with Crippen LogP contribution in [0, 0.1) is 5.82 Å². The van der Waals surface area contributed by atoms with E-state index < -0.39 is 24.6 Å². The fraction of sp³-hybridized carbons (Fsp3) is 0.188. The molecule has 2 amide bonds. The lowest BCUT2D eigenvalue weighted by atomic mass is 10.1. The molecule has 2 rings (SSSR count). The first kappa shape index (κ1) is 17.6. The van der Waals surface area contributed by atoms with E-state index in [9.17, 15) is 23.1 Å². The topological polar surface area (TPSA) is 70.6 Å². The average Bonchev–Trinajstić information content (AvgIpc) is 2.54. The number of urea groups is 1. The van der Waals surface area contributed by atoms with Gasteiger partial charge in [0, 0.05) is 6.54 Å². The highest BCUT2D eigenvalue weighted by atomic mass is 19.3. The Morgan fingerprint density at radius 3 is 2.46 bits per heavy atom. The number of hydrogen-bond donors (Lipinski definition) is 3. The molecule has 128 valence electrons. The van der Waals surface area contributed by atoms with E-state index in [0.717, 1.165) is 0 Å². The number of ether oxygens (including phenoxy) is 1. The lowest BCUT2D eigenvalue weighted by Crippen LogP contribution is -2.32. The summed E-state index contributed by atoms with van der Waals surface area (Å²) in [5.41, 5.74) is 0.490. The summed E-state index contributed by atoms with van der Waals surface area (Å²) in [6, 6.07) is 10.2. The van der Waals surface area contributed by atoms with Crippen molar-refractivity contribution < 1.29 is 27.8 Å². The Morgan fingerprint density at radius 2 is 1.79 bits per heavy atom. The van der Waals surface area contributed by atoms with Gasteiger partial charge in [0.05, 0.1) is 11.8 Å². The first-order chi connectivity index (χ1) is 11.5. The molecule has 0 spiro atoms. The van der Waals surface area contributed by atoms with Crippen molar-refractivity contribution in [3.63, 3.8) is 0 Å². The predicted molar refractivity (Wildman–Crippen MR) is 81.5 cm³/mol. The molecule has 1 atom stereocenters. The average molecular weight is 340 g/mol. The maximum absolute atomic E-state index is 12.8. The summed E-state index contributed by atoms with van der Waals surface area (Å²) in [4.78, 5) is 11.8. The Labute approximate surface area is 136 Å². The third-order valence-electron chi connectivity index (χ3n) is 3.06. The molecule has 2 aromatic carbocycles. The molecule has 0 aliphatic rings. The van der Waals surface area contributed by atoms with Crippen LogP contribution in [0.3, 0.4) is 0 Å². The molecule has 3 N–H and O–H groups in total. The summed E-state index contributed by atoms with van der Waals surface area (Å²) in [5.74, 6) is -0.617. The minimum absolute atomic E-state index is 0.0616. The van der Waals surface area contributed by atoms with Crippen molar-refractivity contribution in [3.8, 4) is 5.75 Å². The van der Waals surface area contributed by atoms with E-state index in [4.69, 9.17) is 0 Å². The maximum Gasteiger partial charge on any atom is 0.387 e. The van der Waals surface area contributed by atoms with E-state index in [1.54, 1.807) is 6.07 Å². The standard InChI is InChI=1S/C16H15F3N2O3/c17-11-7-5-10(6-8-11)13(22)9-20-16(23)21-12-3-1-2-4-14(12)24-15(18)19/h1-8,13,15,22H,9H2,(H2,20,21,23). The second-order valence-electron chi connectivity index (χ2n) is 4.78. The van der Waals surface area contributed by atoms with Crippen LogP contribution in [-0.4, -0.2) is 24.3 Å². The van der Waals surface area contributed by atoms with Crippen LogP contribution in [-0.2, 0) is 0 Å². The molecule has 0 aromatic heterocycles. The number of hydrogen-bond acceptors (Lipinski definition) is 3. The van der Waals surface area contributed by atoms with Crippen LogP contribution < -0.4 is 15.4 Å². The minimum atomic E-state index is -3.02. The lowest BCUT2D eigenvalue weighted by Gasteiger charge is -2.14. The van der Waals surface area contributed by atoms with E-state index in [0.29, 0.717) is 5.56 Å². The highest BCUT2D eigenvalue weighted by molar-refractivity contribution is 5.90. The van der Waals surface area contributed by atoms with Crippen LogP contribution in [0.1, 0.15) is 11.7 Å². The van der Waals surface area contributed by atoms with E-state index in [2.05, 4.69) is 15.4 Å². The predicted octanol–water partition coefficient (Wildman–Crippen LogP) is 3.28. The van der Waals surface area contributed by atoms with Gasteiger partial charge < -0.3 is 20.5 Å². The number of halogens is 3. The van der Waals surface area contributed by atoms with Gasteiger partial charge in [0.15, 0.2) is 0 Å². The van der Waals surface area contributed by atoms with E-state index in [1.807, 2.05) is 0 Å². The third kappa shape index (κ3) is 5.17. The highest BCUT2D eigenvalue weighted by Crippen LogP contribution is 2.25. The molecular formula is C16H15F3N2O3. The number of amides is 2. The Morgan fingerprint density at radius 1 is 1.12 bits per heavy atom. The molecule has 0 fully saturated rings. The number of aliphatic hydroxyl groups excluding tert-OH is 1. The molecule has 0 bridgehead atoms. The molecule has 8 heteroatoms. The molecular weight excluding hydrogens is 325 g/mol. The molecule has 5 nitrogen and oxygen atoms in total. The van der Waals surface area contributed by atoms with Gasteiger partial charge in [-0.25, -0.2) is 9.18 Å². The number of anilines is 1. The Kier molecular flexibility index (Phi) is 6.02. The number of alkyl halides is 2. The van der Waals surface area contributed by atoms with Gasteiger partial charge in [-0.1, -0.05) is 24.3 Å². The summed E-state index contributed by atoms with van der Waals surface area (Å²) in [5, 5.41) is 14.7. The summed E-state index contributed by atoms with van der Waals surface area (Å²) < 4.78 is 41.7. The number of nitrogens with one attached hydrogen (secondary N) is 2. The quantitative estimate of drug-likeness (QED) is 0.756. The summed E-state index contributed by atoms with van der Waals surface area (Å²) in [7, 11) is 0. The molecule has 0 heterocycles. The summed E-state index contributed by atoms with van der Waals surface area (Å²) >= 11 is 0. The Hall–Kier alpha value is -2.74. The maximum atomic E-state index is 12.8. The number of para-hydroxylation sites is 2. The smallest absolute Gasteiger partial charge is 0.387 e. The third-order valence-corrected chi connectivity index (χ3v) is 3.06. The molecule has 0 radical (unpaired) electrons. The molecule has 0 aliphatic heterocycles. The zero-order chi connectivity index (χ0) is 17.5. The molecule has 0 saturated carbocycles. The van der Waals surface area contributed by atoms with Crippen LogP contribution >= 0.6 is 0 Å². The van der Waals surface area contributed by atoms with Crippen LogP contribution in [0.4, 0.5) is 23.7 Å². The fourth-order valence-corrected chi connectivity index (χ4v) is 1.93. The number of carbonyl (C=O) groups excluding carboxylic acids is 1. The SMILES string of the molecule is O=C(NCC(O)c1ccc(F)cc1)Nc1ccccc1OC(F)F. The zero-order valence-corrected chi connectivity index (χ0v) is 12.4. The second kappa shape index (κ2) is 8.21. The first-order valence-corrected chi connectivity index (χ1v) is 6.98. The lowest BCUT2D eigenvalue weighted by molar-refractivity contribution is -0.0493. The number of carbonyl (C=O) groups is 1. The van der Waals surface area contributed by atoms with E-state index in [-0.39, 0.29) is 18.0 Å². The van der Waals surface area contributed by atoms with Gasteiger partial charge >= 0.3 is 12.6 Å². The molecule has 0 saturated heterocycles. The largest absolute Gasteiger partial charge is 0.433 e. The number of rotatable bonds is 6. The first-order valence-electron chi connectivity index (χ1n) is 6.98. The van der Waals surface area contributed by atoms with Gasteiger partial charge in [-0.2, -0.15) is 8.78 Å². The van der Waals surface area contributed by atoms with Gasteiger partial charge in [-0.3, -0.25) is 0 Å². The van der Waals surface area contributed by atoms with Gasteiger partial charge in [0.1, 0.15) is 11.6 Å². The van der Waals surface area contributed by atoms with Crippen molar-refractivity contribution in [2.24, 2.45) is 0 Å². The normalized spacial score (nSPS) is 11.9. The minimum Gasteiger partial charge on any atom is -0.433 e. The zero-order valence-electron chi connectivity index (χ0n) is 12.4. The van der Waals surface area contributed by atoms with Gasteiger partial charge in [-0.15, -0.1) is 0 Å². The van der Waals surface area contributed by atoms with Gasteiger partial charge in [0.2, 0.25) is 0 Å². The summed E-state index contributed by atoms with van der Waals surface area (Å²) in [6.45, 7) is -3.16. The van der Waals surface area contributed by atoms with Gasteiger partial charge in [0.25, 0.3) is 0 Å². The van der Waals surface area contributed by atoms with Crippen LogP contribution in [0.15, 0.2) is 48.5 Å². The van der Waals surface area contributed by atoms with E-state index >= 15 is 0 Å². The van der Waals surface area contributed by atoms with Crippen molar-refractivity contribution in [2.75, 3.05) is 11.9 Å². The monoisotopic (exact) mass is 340 g/mol. The fourth-order valence-electron chi connectivity index (χ4n) is 1.93. The molecule has 1 unspecified atom stereocenters. The van der Waals surface area contributed by atoms with E-state index in [1.165, 1.54) is 42.5 Å². The molecule has 24 heavy (non-hydrogen) atoms. The number of benzene rings is 2. The van der Waals surface area contributed by atoms with Crippen molar-refractivity contribution in [2.45, 2.75) is 12.7 Å². The van der Waals surface area contributed by atoms with Gasteiger partial charge in [-0.05, 0) is 29.8 Å². The summed E-state index contributed by atoms with van der Waals surface area (Å²) in [6.07, 6.45) is -1.04. The van der Waals surface area contributed by atoms with Crippen molar-refractivity contribution in [1.29, 1.82) is 0 Å². The Bertz CT molecular complexity index is 681. The van der Waals surface area contributed by atoms with Crippen LogP contribution in [0.5, 0.6) is 5.75 Å². The number of aliphatic hydroxyl groups is 1. The van der Waals surface area contributed by atoms with Crippen LogP contribution in [0.2, 0.25) is 0 Å². The Balaban J connectivity index is 1.90. The second-order valence-corrected chi connectivity index (χ2v) is 4.78. The van der Waals surface area contributed by atoms with Crippen molar-refractivity contribution >= 4 is 11.7 Å². The molecule has 2 aromatic rings. The van der Waals surface area contributed by atoms with Crippen molar-refractivity contribution in [3.05, 3.63) is 59.9 Å².